The molecule has 1 fully saturated rings. The first-order valence-corrected chi connectivity index (χ1v) is 8.22. The summed E-state index contributed by atoms with van der Waals surface area (Å²) in [4.78, 5) is 4.84. The lowest BCUT2D eigenvalue weighted by molar-refractivity contribution is 0.401. The Balaban J connectivity index is 1.74. The maximum Gasteiger partial charge on any atom is 0.154 e. The summed E-state index contributed by atoms with van der Waals surface area (Å²) < 4.78 is 3.95. The van der Waals surface area contributed by atoms with Crippen LogP contribution in [0.1, 0.15) is 48.1 Å². The van der Waals surface area contributed by atoms with Gasteiger partial charge in [0, 0.05) is 17.8 Å². The van der Waals surface area contributed by atoms with Crippen LogP contribution in [0.2, 0.25) is 0 Å². The summed E-state index contributed by atoms with van der Waals surface area (Å²) in [6.45, 7) is 4.80. The van der Waals surface area contributed by atoms with Gasteiger partial charge >= 0.3 is 0 Å². The van der Waals surface area contributed by atoms with Crippen LogP contribution in [-0.4, -0.2) is 24.5 Å². The van der Waals surface area contributed by atoms with Crippen LogP contribution in [0.4, 0.5) is 0 Å². The topological polar surface area (TPSA) is 48.5 Å². The summed E-state index contributed by atoms with van der Waals surface area (Å²) in [5.41, 5.74) is 3.44. The molecule has 0 saturated heterocycles. The molecule has 0 atom stereocenters. The molecule has 4 rings (SSSR count). The van der Waals surface area contributed by atoms with E-state index in [9.17, 15) is 0 Å². The van der Waals surface area contributed by atoms with Crippen molar-refractivity contribution < 1.29 is 0 Å². The van der Waals surface area contributed by atoms with Crippen LogP contribution in [0.5, 0.6) is 0 Å². The number of aryl methyl sites for hydroxylation is 2. The number of nitrogens with zero attached hydrogens (tertiary/aromatic N) is 5. The van der Waals surface area contributed by atoms with Crippen LogP contribution in [0.3, 0.4) is 0 Å². The van der Waals surface area contributed by atoms with E-state index in [1.54, 1.807) is 0 Å². The second-order valence-electron chi connectivity index (χ2n) is 6.39. The summed E-state index contributed by atoms with van der Waals surface area (Å²) in [5, 5.41) is 9.19. The Labute approximate surface area is 136 Å². The van der Waals surface area contributed by atoms with Gasteiger partial charge in [-0.2, -0.15) is 10.2 Å². The van der Waals surface area contributed by atoms with E-state index >= 15 is 0 Å². The standard InChI is InChI=1S/C18H21N5/c1-13-6-8-16(9-7-13)23-17(12-22-14(2)10-11-19-22)20-18(21-23)15-4-3-5-15/h6-11,15H,3-5,12H2,1-2H3. The Morgan fingerprint density at radius 1 is 1.09 bits per heavy atom. The maximum atomic E-state index is 4.84. The Hall–Kier alpha value is -2.43. The third-order valence-corrected chi connectivity index (χ3v) is 4.66. The summed E-state index contributed by atoms with van der Waals surface area (Å²) in [5.74, 6) is 2.46. The molecule has 1 aliphatic rings. The first kappa shape index (κ1) is 14.2. The lowest BCUT2D eigenvalue weighted by atomic mass is 9.85. The van der Waals surface area contributed by atoms with Crippen LogP contribution < -0.4 is 0 Å². The molecule has 5 heteroatoms. The summed E-state index contributed by atoms with van der Waals surface area (Å²) in [6, 6.07) is 10.5. The van der Waals surface area contributed by atoms with Gasteiger partial charge in [0.1, 0.15) is 6.54 Å². The smallest absolute Gasteiger partial charge is 0.154 e. The number of benzene rings is 1. The van der Waals surface area contributed by atoms with Crippen molar-refractivity contribution in [2.24, 2.45) is 0 Å². The first-order chi connectivity index (χ1) is 11.2. The minimum Gasteiger partial charge on any atom is -0.262 e. The van der Waals surface area contributed by atoms with E-state index in [0.717, 1.165) is 23.0 Å². The molecule has 0 unspecified atom stereocenters. The molecule has 3 aromatic rings. The van der Waals surface area contributed by atoms with Gasteiger partial charge < -0.3 is 0 Å². The molecule has 5 nitrogen and oxygen atoms in total. The lowest BCUT2D eigenvalue weighted by Gasteiger charge is -2.21. The van der Waals surface area contributed by atoms with E-state index in [4.69, 9.17) is 10.1 Å². The summed E-state index contributed by atoms with van der Waals surface area (Å²) >= 11 is 0. The van der Waals surface area contributed by atoms with Crippen molar-refractivity contribution in [3.8, 4) is 5.69 Å². The van der Waals surface area contributed by atoms with Crippen LogP contribution >= 0.6 is 0 Å². The Kier molecular flexibility index (Phi) is 3.48. The molecule has 0 N–H and O–H groups in total. The van der Waals surface area contributed by atoms with Crippen molar-refractivity contribution in [3.63, 3.8) is 0 Å². The monoisotopic (exact) mass is 307 g/mol. The normalized spacial score (nSPS) is 14.9. The second kappa shape index (κ2) is 5.65. The fourth-order valence-electron chi connectivity index (χ4n) is 2.89. The number of hydrogen-bond acceptors (Lipinski definition) is 3. The molecule has 0 aliphatic heterocycles. The highest BCUT2D eigenvalue weighted by atomic mass is 15.4. The average Bonchev–Trinajstić information content (AvgIpc) is 3.06. The zero-order chi connectivity index (χ0) is 15.8. The zero-order valence-electron chi connectivity index (χ0n) is 13.6. The summed E-state index contributed by atoms with van der Waals surface area (Å²) in [6.07, 6.45) is 5.53. The predicted octanol–water partition coefficient (Wildman–Crippen LogP) is 3.40. The first-order valence-electron chi connectivity index (χ1n) is 8.22. The molecule has 2 heterocycles. The van der Waals surface area contributed by atoms with Gasteiger partial charge in [-0.3, -0.25) is 4.68 Å². The van der Waals surface area contributed by atoms with E-state index in [2.05, 4.69) is 43.2 Å². The predicted molar refractivity (Wildman–Crippen MR) is 88.8 cm³/mol. The molecule has 2 aromatic heterocycles. The van der Waals surface area contributed by atoms with Crippen LogP contribution in [0, 0.1) is 13.8 Å². The second-order valence-corrected chi connectivity index (χ2v) is 6.39. The molecule has 0 spiro atoms. The molecule has 1 aromatic carbocycles. The number of hydrogen-bond donors (Lipinski definition) is 0. The molecule has 118 valence electrons. The van der Waals surface area contributed by atoms with Crippen molar-refractivity contribution in [2.45, 2.75) is 45.6 Å². The zero-order valence-corrected chi connectivity index (χ0v) is 13.6. The fraction of sp³-hybridized carbons (Fsp3) is 0.389. The lowest BCUT2D eigenvalue weighted by Crippen LogP contribution is -2.11. The van der Waals surface area contributed by atoms with Gasteiger partial charge in [0.15, 0.2) is 11.6 Å². The molecular weight excluding hydrogens is 286 g/mol. The molecular formula is C18H21N5. The van der Waals surface area contributed by atoms with Gasteiger partial charge in [-0.05, 0) is 44.9 Å². The van der Waals surface area contributed by atoms with Gasteiger partial charge in [-0.25, -0.2) is 9.67 Å². The van der Waals surface area contributed by atoms with Crippen LogP contribution in [0.15, 0.2) is 36.5 Å². The Morgan fingerprint density at radius 2 is 1.87 bits per heavy atom. The van der Waals surface area contributed by atoms with Crippen LogP contribution in [-0.2, 0) is 6.54 Å². The van der Waals surface area contributed by atoms with E-state index in [1.807, 2.05) is 21.6 Å². The largest absolute Gasteiger partial charge is 0.262 e. The third-order valence-electron chi connectivity index (χ3n) is 4.66. The van der Waals surface area contributed by atoms with Gasteiger partial charge in [-0.1, -0.05) is 24.1 Å². The van der Waals surface area contributed by atoms with Gasteiger partial charge in [0.25, 0.3) is 0 Å². The number of aromatic nitrogens is 5. The van der Waals surface area contributed by atoms with Crippen molar-refractivity contribution in [1.29, 1.82) is 0 Å². The highest BCUT2D eigenvalue weighted by molar-refractivity contribution is 5.34. The van der Waals surface area contributed by atoms with Gasteiger partial charge in [-0.15, -0.1) is 0 Å². The molecule has 0 bridgehead atoms. The third kappa shape index (κ3) is 2.67. The van der Waals surface area contributed by atoms with E-state index < -0.39 is 0 Å². The molecule has 1 aliphatic carbocycles. The van der Waals surface area contributed by atoms with Crippen molar-refractivity contribution in [1.82, 2.24) is 24.5 Å². The quantitative estimate of drug-likeness (QED) is 0.742. The minimum atomic E-state index is 0.527. The number of rotatable bonds is 4. The minimum absolute atomic E-state index is 0.527. The van der Waals surface area contributed by atoms with Crippen molar-refractivity contribution in [2.75, 3.05) is 0 Å². The molecule has 23 heavy (non-hydrogen) atoms. The molecule has 1 saturated carbocycles. The Bertz CT molecular complexity index is 808. The summed E-state index contributed by atoms with van der Waals surface area (Å²) in [7, 11) is 0. The van der Waals surface area contributed by atoms with E-state index in [1.165, 1.54) is 24.8 Å². The highest BCUT2D eigenvalue weighted by Crippen LogP contribution is 2.34. The molecule has 0 radical (unpaired) electrons. The molecule has 0 amide bonds. The van der Waals surface area contributed by atoms with Crippen molar-refractivity contribution >= 4 is 0 Å². The SMILES string of the molecule is Cc1ccc(-n2nc(C3CCC3)nc2Cn2nccc2C)cc1. The highest BCUT2D eigenvalue weighted by Gasteiger charge is 2.25. The van der Waals surface area contributed by atoms with Crippen LogP contribution in [0.25, 0.3) is 5.69 Å². The Morgan fingerprint density at radius 3 is 2.48 bits per heavy atom. The maximum absolute atomic E-state index is 4.84. The van der Waals surface area contributed by atoms with Crippen molar-refractivity contribution in [3.05, 3.63) is 59.4 Å². The fourth-order valence-corrected chi connectivity index (χ4v) is 2.89. The van der Waals surface area contributed by atoms with E-state index in [-0.39, 0.29) is 0 Å². The average molecular weight is 307 g/mol. The van der Waals surface area contributed by atoms with Gasteiger partial charge in [0.05, 0.1) is 5.69 Å². The van der Waals surface area contributed by atoms with Gasteiger partial charge in [0.2, 0.25) is 0 Å². The van der Waals surface area contributed by atoms with E-state index in [0.29, 0.717) is 12.5 Å².